The molecule has 0 saturated carbocycles. The monoisotopic (exact) mass is 885 g/mol. The Kier molecular flexibility index (Phi) is 50.3. The first-order chi connectivity index (χ1) is 31.0. The van der Waals surface area contributed by atoms with Gasteiger partial charge in [0.2, 0.25) is 0 Å². The van der Waals surface area contributed by atoms with Crippen molar-refractivity contribution in [3.63, 3.8) is 0 Å². The van der Waals surface area contributed by atoms with Gasteiger partial charge in [0, 0.05) is 19.3 Å². The third-order valence-corrected chi connectivity index (χ3v) is 12.1. The van der Waals surface area contributed by atoms with Gasteiger partial charge in [0.1, 0.15) is 13.2 Å². The van der Waals surface area contributed by atoms with Gasteiger partial charge < -0.3 is 14.2 Å². The second kappa shape index (κ2) is 52.3. The molecule has 6 nitrogen and oxygen atoms in total. The maximum Gasteiger partial charge on any atom is 0.306 e. The molecule has 0 heterocycles. The van der Waals surface area contributed by atoms with E-state index in [0.717, 1.165) is 77.0 Å². The lowest BCUT2D eigenvalue weighted by Crippen LogP contribution is -2.30. The summed E-state index contributed by atoms with van der Waals surface area (Å²) >= 11 is 0. The highest BCUT2D eigenvalue weighted by atomic mass is 16.6. The van der Waals surface area contributed by atoms with Gasteiger partial charge >= 0.3 is 17.9 Å². The van der Waals surface area contributed by atoms with Crippen molar-refractivity contribution >= 4 is 17.9 Å². The Balaban J connectivity index is 4.29. The zero-order valence-electron chi connectivity index (χ0n) is 42.1. The van der Waals surface area contributed by atoms with E-state index in [4.69, 9.17) is 14.2 Å². The molecule has 0 aliphatic rings. The molecule has 0 N–H and O–H groups in total. The topological polar surface area (TPSA) is 78.9 Å². The summed E-state index contributed by atoms with van der Waals surface area (Å²) in [6.07, 6.45) is 61.3. The van der Waals surface area contributed by atoms with Crippen molar-refractivity contribution in [3.05, 3.63) is 36.5 Å². The zero-order valence-corrected chi connectivity index (χ0v) is 42.1. The SMILES string of the molecule is CCCCC/C=C\C/C=C\C/C=C\CCCCCCCCC(=O)OCC(COC(=O)CCCCCCCCCCC)OC(=O)CCCCCCCCCCCCCCCCCCC. The van der Waals surface area contributed by atoms with Crippen LogP contribution >= 0.6 is 0 Å². The fourth-order valence-electron chi connectivity index (χ4n) is 7.98. The van der Waals surface area contributed by atoms with Crippen LogP contribution in [-0.2, 0) is 28.6 Å². The standard InChI is InChI=1S/C57H104O6/c1-4-7-10-13-16-19-21-23-25-27-28-30-31-33-35-38-41-44-47-50-56(59)62-53-54(52-61-55(58)49-46-43-40-37-18-15-12-9-6-3)63-57(60)51-48-45-42-39-36-34-32-29-26-24-22-20-17-14-11-8-5-2/h16,19,23,25,28,30,54H,4-15,17-18,20-22,24,26-27,29,31-53H2,1-3H3/b19-16-,25-23-,30-28-. The first-order valence-corrected chi connectivity index (χ1v) is 27.5. The summed E-state index contributed by atoms with van der Waals surface area (Å²) in [5.74, 6) is -0.873. The van der Waals surface area contributed by atoms with Crippen LogP contribution in [-0.4, -0.2) is 37.2 Å². The van der Waals surface area contributed by atoms with Crippen molar-refractivity contribution in [2.45, 2.75) is 297 Å². The Hall–Kier alpha value is -2.37. The van der Waals surface area contributed by atoms with Gasteiger partial charge in [-0.05, 0) is 57.8 Å². The van der Waals surface area contributed by atoms with Crippen LogP contribution in [0, 0.1) is 0 Å². The summed E-state index contributed by atoms with van der Waals surface area (Å²) in [6.45, 7) is 6.61. The third kappa shape index (κ3) is 50.5. The lowest BCUT2D eigenvalue weighted by molar-refractivity contribution is -0.167. The van der Waals surface area contributed by atoms with E-state index >= 15 is 0 Å². The van der Waals surface area contributed by atoms with Gasteiger partial charge in [-0.1, -0.05) is 250 Å². The second-order valence-corrected chi connectivity index (χ2v) is 18.5. The van der Waals surface area contributed by atoms with Crippen LogP contribution in [0.1, 0.15) is 290 Å². The fourth-order valence-corrected chi connectivity index (χ4v) is 7.98. The van der Waals surface area contributed by atoms with Crippen molar-refractivity contribution in [1.29, 1.82) is 0 Å². The normalized spacial score (nSPS) is 12.2. The van der Waals surface area contributed by atoms with E-state index in [-0.39, 0.29) is 31.1 Å². The highest BCUT2D eigenvalue weighted by molar-refractivity contribution is 5.71. The summed E-state index contributed by atoms with van der Waals surface area (Å²) in [5.41, 5.74) is 0. The molecule has 0 saturated heterocycles. The average Bonchev–Trinajstić information content (AvgIpc) is 3.28. The Morgan fingerprint density at radius 1 is 0.317 bits per heavy atom. The molecular weight excluding hydrogens is 781 g/mol. The minimum Gasteiger partial charge on any atom is -0.462 e. The molecule has 0 radical (unpaired) electrons. The maximum atomic E-state index is 12.8. The quantitative estimate of drug-likeness (QED) is 0.0262. The smallest absolute Gasteiger partial charge is 0.306 e. The largest absolute Gasteiger partial charge is 0.462 e. The molecule has 0 aromatic carbocycles. The van der Waals surface area contributed by atoms with E-state index in [1.807, 2.05) is 0 Å². The number of allylic oxidation sites excluding steroid dienone is 6. The van der Waals surface area contributed by atoms with Gasteiger partial charge in [-0.15, -0.1) is 0 Å². The predicted octanol–water partition coefficient (Wildman–Crippen LogP) is 18.1. The number of unbranched alkanes of at least 4 members (excludes halogenated alkanes) is 33. The minimum atomic E-state index is -0.772. The first kappa shape index (κ1) is 60.6. The van der Waals surface area contributed by atoms with Gasteiger partial charge in [-0.3, -0.25) is 14.4 Å². The molecule has 63 heavy (non-hydrogen) atoms. The number of hydrogen-bond donors (Lipinski definition) is 0. The van der Waals surface area contributed by atoms with Gasteiger partial charge in [-0.25, -0.2) is 0 Å². The molecule has 0 spiro atoms. The molecule has 0 aromatic rings. The number of carbonyl (C=O) groups excluding carboxylic acids is 3. The summed E-state index contributed by atoms with van der Waals surface area (Å²) in [6, 6.07) is 0. The molecule has 6 heteroatoms. The van der Waals surface area contributed by atoms with Crippen LogP contribution in [0.3, 0.4) is 0 Å². The van der Waals surface area contributed by atoms with Crippen molar-refractivity contribution in [2.75, 3.05) is 13.2 Å². The van der Waals surface area contributed by atoms with Crippen LogP contribution in [0.4, 0.5) is 0 Å². The molecule has 0 rings (SSSR count). The summed E-state index contributed by atoms with van der Waals surface area (Å²) in [7, 11) is 0. The number of carbonyl (C=O) groups is 3. The molecular formula is C57H104O6. The fraction of sp³-hybridized carbons (Fsp3) is 0.842. The van der Waals surface area contributed by atoms with Gasteiger partial charge in [0.25, 0.3) is 0 Å². The van der Waals surface area contributed by atoms with Crippen LogP contribution < -0.4 is 0 Å². The first-order valence-electron chi connectivity index (χ1n) is 27.5. The minimum absolute atomic E-state index is 0.0724. The molecule has 0 aromatic heterocycles. The van der Waals surface area contributed by atoms with E-state index in [1.54, 1.807) is 0 Å². The van der Waals surface area contributed by atoms with Crippen LogP contribution in [0.15, 0.2) is 36.5 Å². The van der Waals surface area contributed by atoms with Crippen molar-refractivity contribution in [1.82, 2.24) is 0 Å². The number of rotatable bonds is 50. The Labute approximate surface area is 391 Å². The molecule has 0 fully saturated rings. The highest BCUT2D eigenvalue weighted by Gasteiger charge is 2.19. The van der Waals surface area contributed by atoms with Gasteiger partial charge in [0.15, 0.2) is 6.10 Å². The van der Waals surface area contributed by atoms with Crippen molar-refractivity contribution in [2.24, 2.45) is 0 Å². The summed E-state index contributed by atoms with van der Waals surface area (Å²) in [5, 5.41) is 0. The molecule has 1 atom stereocenters. The lowest BCUT2D eigenvalue weighted by atomic mass is 10.0. The Morgan fingerprint density at radius 3 is 0.921 bits per heavy atom. The lowest BCUT2D eigenvalue weighted by Gasteiger charge is -2.18. The molecule has 368 valence electrons. The van der Waals surface area contributed by atoms with Crippen LogP contribution in [0.25, 0.3) is 0 Å². The summed E-state index contributed by atoms with van der Waals surface area (Å²) < 4.78 is 16.8. The average molecular weight is 885 g/mol. The van der Waals surface area contributed by atoms with E-state index in [0.29, 0.717) is 19.3 Å². The number of hydrogen-bond acceptors (Lipinski definition) is 6. The maximum absolute atomic E-state index is 12.8. The summed E-state index contributed by atoms with van der Waals surface area (Å²) in [4.78, 5) is 38.0. The van der Waals surface area contributed by atoms with E-state index in [2.05, 4.69) is 57.2 Å². The van der Waals surface area contributed by atoms with Gasteiger partial charge in [0.05, 0.1) is 0 Å². The van der Waals surface area contributed by atoms with Crippen LogP contribution in [0.5, 0.6) is 0 Å². The number of ether oxygens (including phenoxy) is 3. The van der Waals surface area contributed by atoms with E-state index < -0.39 is 6.10 Å². The highest BCUT2D eigenvalue weighted by Crippen LogP contribution is 2.16. The molecule has 0 aliphatic carbocycles. The van der Waals surface area contributed by atoms with Crippen LogP contribution in [0.2, 0.25) is 0 Å². The van der Waals surface area contributed by atoms with Gasteiger partial charge in [-0.2, -0.15) is 0 Å². The predicted molar refractivity (Wildman–Crippen MR) is 270 cm³/mol. The molecule has 0 bridgehead atoms. The molecule has 0 aliphatic heterocycles. The van der Waals surface area contributed by atoms with Crippen molar-refractivity contribution < 1.29 is 28.6 Å². The third-order valence-electron chi connectivity index (χ3n) is 12.1. The Morgan fingerprint density at radius 2 is 0.571 bits per heavy atom. The molecule has 1 unspecified atom stereocenters. The second-order valence-electron chi connectivity index (χ2n) is 18.5. The van der Waals surface area contributed by atoms with E-state index in [9.17, 15) is 14.4 Å². The van der Waals surface area contributed by atoms with Crippen molar-refractivity contribution in [3.8, 4) is 0 Å². The molecule has 0 amide bonds. The van der Waals surface area contributed by atoms with E-state index in [1.165, 1.54) is 173 Å². The number of esters is 3. The zero-order chi connectivity index (χ0) is 45.8. The Bertz CT molecular complexity index is 1060.